The van der Waals surface area contributed by atoms with Gasteiger partial charge in [0.25, 0.3) is 10.0 Å². The van der Waals surface area contributed by atoms with Crippen LogP contribution < -0.4 is 4.72 Å². The van der Waals surface area contributed by atoms with E-state index >= 15 is 0 Å². The van der Waals surface area contributed by atoms with Crippen molar-refractivity contribution in [2.24, 2.45) is 0 Å². The van der Waals surface area contributed by atoms with E-state index in [-0.39, 0.29) is 17.0 Å². The van der Waals surface area contributed by atoms with Crippen molar-refractivity contribution in [1.82, 2.24) is 4.98 Å². The van der Waals surface area contributed by atoms with Gasteiger partial charge in [0.1, 0.15) is 4.90 Å². The van der Waals surface area contributed by atoms with Gasteiger partial charge in [0.2, 0.25) is 0 Å². The number of aliphatic carboxylic acids is 1. The van der Waals surface area contributed by atoms with Gasteiger partial charge in [-0.3, -0.25) is 14.5 Å². The fourth-order valence-corrected chi connectivity index (χ4v) is 6.32. The summed E-state index contributed by atoms with van der Waals surface area (Å²) in [7, 11) is -3.73. The Morgan fingerprint density at radius 3 is 2.57 bits per heavy atom. The lowest BCUT2D eigenvalue weighted by Gasteiger charge is -2.07. The molecule has 2 N–H and O–H groups in total. The highest BCUT2D eigenvalue weighted by atomic mass is 79.9. The molecular weight excluding hydrogens is 448 g/mol. The van der Waals surface area contributed by atoms with E-state index in [4.69, 9.17) is 5.11 Å². The van der Waals surface area contributed by atoms with Crippen LogP contribution in [0.1, 0.15) is 5.69 Å². The fraction of sp³-hybridized carbons (Fsp3) is 0.0909. The molecule has 0 radical (unpaired) electrons. The predicted octanol–water partition coefficient (Wildman–Crippen LogP) is 3.10. The number of thiophene rings is 1. The van der Waals surface area contributed by atoms with Crippen LogP contribution in [0.2, 0.25) is 0 Å². The molecular formula is C11H8Br2N2O4S2. The minimum Gasteiger partial charge on any atom is -0.481 e. The normalized spacial score (nSPS) is 11.3. The highest BCUT2D eigenvalue weighted by Crippen LogP contribution is 2.35. The topological polar surface area (TPSA) is 96.4 Å². The Morgan fingerprint density at radius 2 is 2.10 bits per heavy atom. The molecule has 21 heavy (non-hydrogen) atoms. The number of carboxylic acid groups (broad SMARTS) is 1. The van der Waals surface area contributed by atoms with Crippen molar-refractivity contribution in [3.8, 4) is 0 Å². The average molecular weight is 456 g/mol. The van der Waals surface area contributed by atoms with Crippen LogP contribution >= 0.6 is 43.2 Å². The minimum absolute atomic E-state index is 0.119. The molecule has 0 bridgehead atoms. The molecule has 2 aromatic heterocycles. The molecule has 2 rings (SSSR count). The number of halogens is 2. The molecule has 0 aliphatic heterocycles. The number of aromatic nitrogens is 1. The summed E-state index contributed by atoms with van der Waals surface area (Å²) >= 11 is 7.66. The maximum absolute atomic E-state index is 12.2. The molecule has 112 valence electrons. The predicted molar refractivity (Wildman–Crippen MR) is 86.1 cm³/mol. The van der Waals surface area contributed by atoms with Gasteiger partial charge in [0, 0.05) is 0 Å². The molecule has 2 aromatic rings. The molecule has 10 heteroatoms. The summed E-state index contributed by atoms with van der Waals surface area (Å²) in [6.07, 6.45) is 1.07. The van der Waals surface area contributed by atoms with Crippen LogP contribution in [0.5, 0.6) is 0 Å². The number of nitrogens with one attached hydrogen (secondary N) is 1. The second kappa shape index (κ2) is 6.42. The summed E-state index contributed by atoms with van der Waals surface area (Å²) in [6.45, 7) is 0. The first kappa shape index (κ1) is 16.4. The first-order valence-corrected chi connectivity index (χ1v) is 9.31. The van der Waals surface area contributed by atoms with Crippen LogP contribution in [0.25, 0.3) is 0 Å². The number of hydrogen-bond acceptors (Lipinski definition) is 5. The van der Waals surface area contributed by atoms with Gasteiger partial charge in [-0.1, -0.05) is 0 Å². The van der Waals surface area contributed by atoms with Crippen molar-refractivity contribution in [2.75, 3.05) is 4.72 Å². The summed E-state index contributed by atoms with van der Waals surface area (Å²) in [5.74, 6) is -0.997. The summed E-state index contributed by atoms with van der Waals surface area (Å²) in [4.78, 5) is 14.6. The highest BCUT2D eigenvalue weighted by Gasteiger charge is 2.20. The Hall–Kier alpha value is -0.970. The maximum Gasteiger partial charge on any atom is 0.309 e. The Kier molecular flexibility index (Phi) is 5.02. The molecule has 0 amide bonds. The van der Waals surface area contributed by atoms with Gasteiger partial charge in [-0.05, 0) is 50.1 Å². The molecule has 0 saturated carbocycles. The fourth-order valence-electron chi connectivity index (χ4n) is 1.46. The van der Waals surface area contributed by atoms with Crippen molar-refractivity contribution in [2.45, 2.75) is 11.3 Å². The minimum atomic E-state index is -3.73. The standard InChI is InChI=1S/C11H8Br2N2O4S2/c12-9-4-8(11(13)20-9)21(18,19)15-7-2-1-6(14-5-7)3-10(16)17/h1-2,4-5,15H,3H2,(H,16,17). The van der Waals surface area contributed by atoms with Gasteiger partial charge < -0.3 is 5.11 Å². The number of rotatable bonds is 5. The Labute approximate surface area is 141 Å². The zero-order valence-electron chi connectivity index (χ0n) is 10.2. The maximum atomic E-state index is 12.2. The first-order chi connectivity index (χ1) is 9.78. The summed E-state index contributed by atoms with van der Waals surface area (Å²) < 4.78 is 28.0. The molecule has 2 heterocycles. The molecule has 0 saturated heterocycles. The molecule has 0 aliphatic rings. The van der Waals surface area contributed by atoms with Crippen LogP contribution in [0.4, 0.5) is 5.69 Å². The summed E-state index contributed by atoms with van der Waals surface area (Å²) in [5, 5.41) is 8.64. The molecule has 0 fully saturated rings. The van der Waals surface area contributed by atoms with Gasteiger partial charge in [0.15, 0.2) is 0 Å². The monoisotopic (exact) mass is 454 g/mol. The number of carbonyl (C=O) groups is 1. The van der Waals surface area contributed by atoms with E-state index < -0.39 is 16.0 Å². The van der Waals surface area contributed by atoms with Crippen molar-refractivity contribution >= 4 is 64.9 Å². The highest BCUT2D eigenvalue weighted by molar-refractivity contribution is 9.12. The molecule has 0 aliphatic carbocycles. The number of anilines is 1. The van der Waals surface area contributed by atoms with Gasteiger partial charge in [-0.25, -0.2) is 8.42 Å². The van der Waals surface area contributed by atoms with Crippen molar-refractivity contribution in [3.05, 3.63) is 37.7 Å². The lowest BCUT2D eigenvalue weighted by atomic mass is 10.3. The van der Waals surface area contributed by atoms with E-state index in [1.165, 1.54) is 35.7 Å². The molecule has 0 aromatic carbocycles. The number of pyridine rings is 1. The molecule has 0 unspecified atom stereocenters. The van der Waals surface area contributed by atoms with E-state index in [2.05, 4.69) is 41.6 Å². The van der Waals surface area contributed by atoms with Crippen molar-refractivity contribution < 1.29 is 18.3 Å². The van der Waals surface area contributed by atoms with E-state index in [1.54, 1.807) is 0 Å². The quantitative estimate of drug-likeness (QED) is 0.721. The third kappa shape index (κ3) is 4.25. The Balaban J connectivity index is 2.21. The van der Waals surface area contributed by atoms with Crippen LogP contribution in [-0.4, -0.2) is 24.5 Å². The van der Waals surface area contributed by atoms with Crippen LogP contribution in [0.15, 0.2) is 36.9 Å². The molecule has 6 nitrogen and oxygen atoms in total. The van der Waals surface area contributed by atoms with E-state index in [0.29, 0.717) is 13.3 Å². The summed E-state index contributed by atoms with van der Waals surface area (Å²) in [5.41, 5.74) is 0.614. The third-order valence-corrected chi connectivity index (χ3v) is 6.46. The number of hydrogen-bond donors (Lipinski definition) is 2. The van der Waals surface area contributed by atoms with Gasteiger partial charge >= 0.3 is 5.97 Å². The van der Waals surface area contributed by atoms with Crippen molar-refractivity contribution in [1.29, 1.82) is 0 Å². The molecule has 0 spiro atoms. The zero-order chi connectivity index (χ0) is 15.6. The van der Waals surface area contributed by atoms with Crippen molar-refractivity contribution in [3.63, 3.8) is 0 Å². The number of sulfonamides is 1. The smallest absolute Gasteiger partial charge is 0.309 e. The van der Waals surface area contributed by atoms with Gasteiger partial charge in [0.05, 0.1) is 31.6 Å². The van der Waals surface area contributed by atoms with Gasteiger partial charge in [-0.2, -0.15) is 0 Å². The van der Waals surface area contributed by atoms with Crippen LogP contribution in [0, 0.1) is 0 Å². The summed E-state index contributed by atoms with van der Waals surface area (Å²) in [6, 6.07) is 4.42. The lowest BCUT2D eigenvalue weighted by Crippen LogP contribution is -2.13. The largest absolute Gasteiger partial charge is 0.481 e. The SMILES string of the molecule is O=C(O)Cc1ccc(NS(=O)(=O)c2cc(Br)sc2Br)cn1. The van der Waals surface area contributed by atoms with Crippen LogP contribution in [-0.2, 0) is 21.2 Å². The Morgan fingerprint density at radius 1 is 1.38 bits per heavy atom. The van der Waals surface area contributed by atoms with E-state index in [1.807, 2.05) is 0 Å². The van der Waals surface area contributed by atoms with Crippen LogP contribution in [0.3, 0.4) is 0 Å². The van der Waals surface area contributed by atoms with Gasteiger partial charge in [-0.15, -0.1) is 11.3 Å². The first-order valence-electron chi connectivity index (χ1n) is 5.42. The third-order valence-electron chi connectivity index (χ3n) is 2.32. The second-order valence-corrected chi connectivity index (χ2v) is 9.30. The zero-order valence-corrected chi connectivity index (χ0v) is 15.0. The average Bonchev–Trinajstić information content (AvgIpc) is 2.71. The Bertz CT molecular complexity index is 772. The second-order valence-electron chi connectivity index (χ2n) is 3.90. The lowest BCUT2D eigenvalue weighted by molar-refractivity contribution is -0.136. The molecule has 0 atom stereocenters. The number of carboxylic acids is 1. The number of nitrogens with zero attached hydrogens (tertiary/aromatic N) is 1. The van der Waals surface area contributed by atoms with E-state index in [0.717, 1.165) is 0 Å². The van der Waals surface area contributed by atoms with E-state index in [9.17, 15) is 13.2 Å².